The maximum atomic E-state index is 13.6. The number of rotatable bonds is 2. The number of halogens is 1. The Morgan fingerprint density at radius 1 is 1.30 bits per heavy atom. The molecule has 1 atom stereocenters. The first-order valence-corrected chi connectivity index (χ1v) is 6.38. The molecule has 5 heteroatoms. The predicted molar refractivity (Wildman–Crippen MR) is 74.8 cm³/mol. The number of fused-ring (bicyclic) bond motifs is 1. The molecule has 0 saturated heterocycles. The third-order valence-electron chi connectivity index (χ3n) is 3.56. The Balaban J connectivity index is 2.11. The Labute approximate surface area is 115 Å². The van der Waals surface area contributed by atoms with Crippen LogP contribution in [0.5, 0.6) is 0 Å². The van der Waals surface area contributed by atoms with E-state index in [-0.39, 0.29) is 11.7 Å². The lowest BCUT2D eigenvalue weighted by atomic mass is 10.1. The van der Waals surface area contributed by atoms with E-state index in [0.29, 0.717) is 5.69 Å². The summed E-state index contributed by atoms with van der Waals surface area (Å²) in [5.41, 5.74) is 2.46. The number of anilines is 2. The third kappa shape index (κ3) is 2.01. The number of para-hydroxylation sites is 1. The van der Waals surface area contributed by atoms with E-state index in [9.17, 15) is 14.5 Å². The fourth-order valence-electron chi connectivity index (χ4n) is 2.76. The van der Waals surface area contributed by atoms with Crippen LogP contribution in [0.15, 0.2) is 42.5 Å². The highest BCUT2D eigenvalue weighted by Crippen LogP contribution is 2.39. The van der Waals surface area contributed by atoms with Crippen molar-refractivity contribution in [3.8, 4) is 0 Å². The van der Waals surface area contributed by atoms with Crippen LogP contribution in [-0.2, 0) is 6.42 Å². The van der Waals surface area contributed by atoms with Crippen LogP contribution < -0.4 is 4.90 Å². The van der Waals surface area contributed by atoms with Crippen LogP contribution in [0, 0.1) is 15.9 Å². The largest absolute Gasteiger partial charge is 0.338 e. The first kappa shape index (κ1) is 12.6. The first-order valence-electron chi connectivity index (χ1n) is 6.38. The normalized spacial score (nSPS) is 17.1. The predicted octanol–water partition coefficient (Wildman–Crippen LogP) is 3.82. The summed E-state index contributed by atoms with van der Waals surface area (Å²) in [6.45, 7) is 2.02. The molecule has 1 unspecified atom stereocenters. The first-order chi connectivity index (χ1) is 9.56. The van der Waals surface area contributed by atoms with Crippen molar-refractivity contribution in [1.29, 1.82) is 0 Å². The Bertz CT molecular complexity index is 687. The molecule has 0 fully saturated rings. The van der Waals surface area contributed by atoms with Gasteiger partial charge in [-0.25, -0.2) is 4.39 Å². The van der Waals surface area contributed by atoms with Crippen molar-refractivity contribution in [2.24, 2.45) is 0 Å². The van der Waals surface area contributed by atoms with Gasteiger partial charge < -0.3 is 4.90 Å². The molecular formula is C15H13FN2O2. The van der Waals surface area contributed by atoms with E-state index in [4.69, 9.17) is 0 Å². The molecule has 102 valence electrons. The van der Waals surface area contributed by atoms with E-state index in [2.05, 4.69) is 0 Å². The molecular weight excluding hydrogens is 259 g/mol. The molecule has 4 nitrogen and oxygen atoms in total. The van der Waals surface area contributed by atoms with Gasteiger partial charge in [0.05, 0.1) is 16.7 Å². The van der Waals surface area contributed by atoms with Gasteiger partial charge in [-0.1, -0.05) is 18.2 Å². The molecule has 0 spiro atoms. The SMILES string of the molecule is CC1Cc2ccccc2N1c1cc(F)cc([N+](=O)[O-])c1. The van der Waals surface area contributed by atoms with E-state index in [1.54, 1.807) is 0 Å². The van der Waals surface area contributed by atoms with Gasteiger partial charge in [-0.15, -0.1) is 0 Å². The lowest BCUT2D eigenvalue weighted by Crippen LogP contribution is -2.24. The fourth-order valence-corrected chi connectivity index (χ4v) is 2.76. The summed E-state index contributed by atoms with van der Waals surface area (Å²) in [5, 5.41) is 10.9. The van der Waals surface area contributed by atoms with Crippen molar-refractivity contribution in [2.75, 3.05) is 4.90 Å². The molecule has 0 N–H and O–H groups in total. The highest BCUT2D eigenvalue weighted by molar-refractivity contribution is 5.72. The lowest BCUT2D eigenvalue weighted by Gasteiger charge is -2.24. The molecule has 0 aromatic heterocycles. The van der Waals surface area contributed by atoms with Crippen molar-refractivity contribution in [3.05, 3.63) is 64.0 Å². The highest BCUT2D eigenvalue weighted by Gasteiger charge is 2.28. The quantitative estimate of drug-likeness (QED) is 0.616. The number of nitro benzene ring substituents is 1. The van der Waals surface area contributed by atoms with E-state index >= 15 is 0 Å². The second kappa shape index (κ2) is 4.59. The fraction of sp³-hybridized carbons (Fsp3) is 0.200. The summed E-state index contributed by atoms with van der Waals surface area (Å²) in [4.78, 5) is 12.2. The zero-order valence-corrected chi connectivity index (χ0v) is 10.9. The van der Waals surface area contributed by atoms with Crippen LogP contribution >= 0.6 is 0 Å². The van der Waals surface area contributed by atoms with Gasteiger partial charge in [0.2, 0.25) is 0 Å². The summed E-state index contributed by atoms with van der Waals surface area (Å²) in [6.07, 6.45) is 0.848. The maximum Gasteiger partial charge on any atom is 0.274 e. The topological polar surface area (TPSA) is 46.4 Å². The smallest absolute Gasteiger partial charge is 0.274 e. The van der Waals surface area contributed by atoms with Crippen LogP contribution in [0.2, 0.25) is 0 Å². The summed E-state index contributed by atoms with van der Waals surface area (Å²) < 4.78 is 13.6. The summed E-state index contributed by atoms with van der Waals surface area (Å²) >= 11 is 0. The van der Waals surface area contributed by atoms with Gasteiger partial charge in [0.15, 0.2) is 0 Å². The van der Waals surface area contributed by atoms with Crippen LogP contribution in [0.4, 0.5) is 21.5 Å². The summed E-state index contributed by atoms with van der Waals surface area (Å²) in [7, 11) is 0. The lowest BCUT2D eigenvalue weighted by molar-refractivity contribution is -0.385. The molecule has 1 heterocycles. The summed E-state index contributed by atoms with van der Waals surface area (Å²) in [5.74, 6) is -0.592. The Hall–Kier alpha value is -2.43. The second-order valence-electron chi connectivity index (χ2n) is 4.98. The van der Waals surface area contributed by atoms with Gasteiger partial charge in [-0.3, -0.25) is 10.1 Å². The molecule has 1 aliphatic rings. The molecule has 3 rings (SSSR count). The van der Waals surface area contributed by atoms with Gasteiger partial charge in [0, 0.05) is 17.8 Å². The molecule has 20 heavy (non-hydrogen) atoms. The van der Waals surface area contributed by atoms with E-state index in [1.807, 2.05) is 36.1 Å². The molecule has 0 bridgehead atoms. The van der Waals surface area contributed by atoms with Gasteiger partial charge in [0.1, 0.15) is 5.82 Å². The van der Waals surface area contributed by atoms with Crippen molar-refractivity contribution in [1.82, 2.24) is 0 Å². The standard InChI is InChI=1S/C15H13FN2O2/c1-10-6-11-4-2-3-5-15(11)17(10)13-7-12(16)8-14(9-13)18(19)20/h2-5,7-10H,6H2,1H3. The average Bonchev–Trinajstić information content (AvgIpc) is 2.73. The number of hydrogen-bond acceptors (Lipinski definition) is 3. The van der Waals surface area contributed by atoms with E-state index in [0.717, 1.165) is 18.2 Å². The Kier molecular flexibility index (Phi) is 2.89. The van der Waals surface area contributed by atoms with Crippen LogP contribution in [0.3, 0.4) is 0 Å². The van der Waals surface area contributed by atoms with Crippen LogP contribution in [0.1, 0.15) is 12.5 Å². The molecule has 2 aromatic rings. The average molecular weight is 272 g/mol. The number of nitro groups is 1. The Morgan fingerprint density at radius 2 is 2.05 bits per heavy atom. The molecule has 1 aliphatic heterocycles. The molecule has 0 amide bonds. The third-order valence-corrected chi connectivity index (χ3v) is 3.56. The second-order valence-corrected chi connectivity index (χ2v) is 4.98. The maximum absolute atomic E-state index is 13.6. The minimum Gasteiger partial charge on any atom is -0.338 e. The van der Waals surface area contributed by atoms with Crippen molar-refractivity contribution < 1.29 is 9.31 Å². The van der Waals surface area contributed by atoms with Crippen molar-refractivity contribution in [2.45, 2.75) is 19.4 Å². The zero-order valence-electron chi connectivity index (χ0n) is 10.9. The number of benzene rings is 2. The minimum absolute atomic E-state index is 0.147. The van der Waals surface area contributed by atoms with Gasteiger partial charge >= 0.3 is 0 Å². The van der Waals surface area contributed by atoms with Gasteiger partial charge in [-0.05, 0) is 31.0 Å². The Morgan fingerprint density at radius 3 is 2.80 bits per heavy atom. The van der Waals surface area contributed by atoms with Gasteiger partial charge in [-0.2, -0.15) is 0 Å². The summed E-state index contributed by atoms with van der Waals surface area (Å²) in [6, 6.07) is 11.7. The van der Waals surface area contributed by atoms with E-state index in [1.165, 1.54) is 17.7 Å². The number of nitrogens with zero attached hydrogens (tertiary/aromatic N) is 2. The molecule has 0 aliphatic carbocycles. The van der Waals surface area contributed by atoms with Gasteiger partial charge in [0.25, 0.3) is 5.69 Å². The molecule has 0 saturated carbocycles. The number of hydrogen-bond donors (Lipinski definition) is 0. The minimum atomic E-state index is -0.592. The van der Waals surface area contributed by atoms with Crippen molar-refractivity contribution >= 4 is 17.1 Å². The van der Waals surface area contributed by atoms with Crippen LogP contribution in [-0.4, -0.2) is 11.0 Å². The molecule has 2 aromatic carbocycles. The molecule has 0 radical (unpaired) electrons. The van der Waals surface area contributed by atoms with Crippen molar-refractivity contribution in [3.63, 3.8) is 0 Å². The number of non-ortho nitro benzene ring substituents is 1. The van der Waals surface area contributed by atoms with E-state index < -0.39 is 10.7 Å². The highest BCUT2D eigenvalue weighted by atomic mass is 19.1. The zero-order chi connectivity index (χ0) is 14.3. The monoisotopic (exact) mass is 272 g/mol. The van der Waals surface area contributed by atoms with Crippen LogP contribution in [0.25, 0.3) is 0 Å².